The van der Waals surface area contributed by atoms with Crippen molar-refractivity contribution in [3.05, 3.63) is 100 Å². The molecule has 202 valence electrons. The maximum Gasteiger partial charge on any atom is 0.284 e. The van der Waals surface area contributed by atoms with Crippen molar-refractivity contribution >= 4 is 22.6 Å². The number of aromatic nitrogens is 4. The number of carbonyl (C=O) groups excluding carboxylic acids is 1. The number of hydrogen-bond donors (Lipinski definition) is 1. The molecule has 0 unspecified atom stereocenters. The van der Waals surface area contributed by atoms with Crippen LogP contribution in [0.15, 0.2) is 71.7 Å². The Morgan fingerprint density at radius 1 is 0.925 bits per heavy atom. The standard InChI is InChI=1S/C28H21F2N5O5/c1-15-12-19(28(37)35(34-15)18-7-4-16(29)5-8-18)26(36)32-17-6-9-22(20(30)13-17)40-23-10-11-31-21-14-24(38-2)27(39-3)33-25(21)23/h4-14H,1-3H3,(H,32,36). The number of ether oxygens (including phenoxy) is 3. The van der Waals surface area contributed by atoms with Gasteiger partial charge in [0, 0.05) is 30.1 Å². The molecular weight excluding hydrogens is 524 g/mol. The second-order valence-electron chi connectivity index (χ2n) is 8.47. The molecule has 3 aromatic heterocycles. The van der Waals surface area contributed by atoms with Crippen molar-refractivity contribution in [2.24, 2.45) is 0 Å². The van der Waals surface area contributed by atoms with E-state index in [-0.39, 0.29) is 34.3 Å². The Labute approximate surface area is 225 Å². The van der Waals surface area contributed by atoms with Crippen molar-refractivity contribution in [1.82, 2.24) is 19.7 Å². The number of anilines is 1. The average Bonchev–Trinajstić information content (AvgIpc) is 2.95. The Bertz CT molecular complexity index is 1810. The summed E-state index contributed by atoms with van der Waals surface area (Å²) in [6.07, 6.45) is 1.48. The fourth-order valence-electron chi connectivity index (χ4n) is 3.90. The van der Waals surface area contributed by atoms with Crippen molar-refractivity contribution in [2.75, 3.05) is 19.5 Å². The predicted octanol–water partition coefficient (Wildman–Crippen LogP) is 4.82. The lowest BCUT2D eigenvalue weighted by Crippen LogP contribution is -2.30. The van der Waals surface area contributed by atoms with E-state index < -0.39 is 23.1 Å². The number of methoxy groups -OCH3 is 2. The van der Waals surface area contributed by atoms with Crippen LogP contribution in [0, 0.1) is 18.6 Å². The molecule has 2 aromatic carbocycles. The number of pyridine rings is 2. The van der Waals surface area contributed by atoms with Gasteiger partial charge in [-0.2, -0.15) is 9.78 Å². The number of aryl methyl sites for hydroxylation is 1. The zero-order valence-electron chi connectivity index (χ0n) is 21.4. The van der Waals surface area contributed by atoms with Gasteiger partial charge < -0.3 is 19.5 Å². The van der Waals surface area contributed by atoms with Crippen molar-refractivity contribution in [1.29, 1.82) is 0 Å². The van der Waals surface area contributed by atoms with E-state index >= 15 is 4.39 Å². The van der Waals surface area contributed by atoms with Gasteiger partial charge in [-0.15, -0.1) is 0 Å². The van der Waals surface area contributed by atoms with Crippen LogP contribution in [-0.4, -0.2) is 39.9 Å². The van der Waals surface area contributed by atoms with E-state index in [9.17, 15) is 14.0 Å². The summed E-state index contributed by atoms with van der Waals surface area (Å²) < 4.78 is 45.6. The van der Waals surface area contributed by atoms with E-state index in [4.69, 9.17) is 14.2 Å². The monoisotopic (exact) mass is 545 g/mol. The van der Waals surface area contributed by atoms with Gasteiger partial charge in [0.2, 0.25) is 0 Å². The lowest BCUT2D eigenvalue weighted by molar-refractivity contribution is 0.102. The second kappa shape index (κ2) is 10.8. The Balaban J connectivity index is 1.40. The smallest absolute Gasteiger partial charge is 0.284 e. The molecule has 0 bridgehead atoms. The molecule has 5 rings (SSSR count). The number of amides is 1. The van der Waals surface area contributed by atoms with Gasteiger partial charge in [-0.1, -0.05) is 0 Å². The summed E-state index contributed by atoms with van der Waals surface area (Å²) in [6.45, 7) is 1.60. The highest BCUT2D eigenvalue weighted by molar-refractivity contribution is 6.04. The fourth-order valence-corrected chi connectivity index (χ4v) is 3.90. The topological polar surface area (TPSA) is 117 Å². The molecule has 0 saturated carbocycles. The molecule has 0 aliphatic carbocycles. The first-order valence-corrected chi connectivity index (χ1v) is 11.8. The van der Waals surface area contributed by atoms with Crippen LogP contribution in [-0.2, 0) is 0 Å². The Morgan fingerprint density at radius 3 is 2.40 bits per heavy atom. The molecule has 0 aliphatic rings. The van der Waals surface area contributed by atoms with Crippen molar-refractivity contribution in [3.8, 4) is 28.8 Å². The number of nitrogens with one attached hydrogen (secondary N) is 1. The first kappa shape index (κ1) is 26.2. The summed E-state index contributed by atoms with van der Waals surface area (Å²) in [5, 5.41) is 6.65. The lowest BCUT2D eigenvalue weighted by atomic mass is 10.2. The number of fused-ring (bicyclic) bond motifs is 1. The van der Waals surface area contributed by atoms with E-state index in [1.165, 1.54) is 68.9 Å². The highest BCUT2D eigenvalue weighted by Crippen LogP contribution is 2.35. The molecular formula is C28H21F2N5O5. The number of benzene rings is 2. The first-order valence-electron chi connectivity index (χ1n) is 11.8. The van der Waals surface area contributed by atoms with Gasteiger partial charge >= 0.3 is 0 Å². The van der Waals surface area contributed by atoms with E-state index in [2.05, 4.69) is 20.4 Å². The van der Waals surface area contributed by atoms with Crippen LogP contribution in [0.2, 0.25) is 0 Å². The van der Waals surface area contributed by atoms with Crippen LogP contribution in [0.1, 0.15) is 16.1 Å². The molecule has 12 heteroatoms. The fraction of sp³-hybridized carbons (Fsp3) is 0.107. The van der Waals surface area contributed by atoms with Crippen molar-refractivity contribution in [3.63, 3.8) is 0 Å². The van der Waals surface area contributed by atoms with Gasteiger partial charge in [0.15, 0.2) is 23.1 Å². The molecule has 0 spiro atoms. The normalized spacial score (nSPS) is 10.8. The van der Waals surface area contributed by atoms with Crippen LogP contribution in [0.25, 0.3) is 16.7 Å². The largest absolute Gasteiger partial charge is 0.491 e. The average molecular weight is 546 g/mol. The quantitative estimate of drug-likeness (QED) is 0.309. The van der Waals surface area contributed by atoms with E-state index in [0.717, 1.165) is 10.7 Å². The number of hydrogen-bond acceptors (Lipinski definition) is 8. The van der Waals surface area contributed by atoms with Crippen LogP contribution in [0.4, 0.5) is 14.5 Å². The van der Waals surface area contributed by atoms with Crippen molar-refractivity contribution in [2.45, 2.75) is 6.92 Å². The minimum atomic E-state index is -0.780. The zero-order valence-corrected chi connectivity index (χ0v) is 21.4. The molecule has 0 saturated heterocycles. The third kappa shape index (κ3) is 5.14. The summed E-state index contributed by atoms with van der Waals surface area (Å²) >= 11 is 0. The van der Waals surface area contributed by atoms with Gasteiger partial charge in [0.1, 0.15) is 16.9 Å². The zero-order chi connectivity index (χ0) is 28.4. The molecule has 1 N–H and O–H groups in total. The summed E-state index contributed by atoms with van der Waals surface area (Å²) in [7, 11) is 2.91. The third-order valence-corrected chi connectivity index (χ3v) is 5.78. The maximum absolute atomic E-state index is 15.1. The van der Waals surface area contributed by atoms with Crippen molar-refractivity contribution < 1.29 is 27.8 Å². The van der Waals surface area contributed by atoms with Crippen LogP contribution >= 0.6 is 0 Å². The van der Waals surface area contributed by atoms with E-state index in [1.54, 1.807) is 13.0 Å². The number of rotatable bonds is 7. The molecule has 0 radical (unpaired) electrons. The van der Waals surface area contributed by atoms with Crippen LogP contribution in [0.3, 0.4) is 0 Å². The lowest BCUT2D eigenvalue weighted by Gasteiger charge is -2.13. The molecule has 1 amide bonds. The first-order chi connectivity index (χ1) is 19.3. The Morgan fingerprint density at radius 2 is 1.70 bits per heavy atom. The molecule has 0 aliphatic heterocycles. The van der Waals surface area contributed by atoms with Crippen LogP contribution in [0.5, 0.6) is 23.1 Å². The molecule has 10 nitrogen and oxygen atoms in total. The number of carbonyl (C=O) groups is 1. The van der Waals surface area contributed by atoms with Gasteiger partial charge in [0.05, 0.1) is 31.1 Å². The highest BCUT2D eigenvalue weighted by Gasteiger charge is 2.18. The Hall–Kier alpha value is -5.39. The SMILES string of the molecule is COc1cc2nccc(Oc3ccc(NC(=O)c4cc(C)nn(-c5ccc(F)cc5)c4=O)cc3F)c2nc1OC. The van der Waals surface area contributed by atoms with Gasteiger partial charge in [0.25, 0.3) is 17.3 Å². The number of halogens is 2. The minimum Gasteiger partial charge on any atom is -0.491 e. The molecule has 0 fully saturated rings. The minimum absolute atomic E-state index is 0.0844. The molecule has 0 atom stereocenters. The summed E-state index contributed by atoms with van der Waals surface area (Å²) in [5.41, 5.74) is 0.555. The molecule has 5 aromatic rings. The van der Waals surface area contributed by atoms with E-state index in [0.29, 0.717) is 22.5 Å². The second-order valence-corrected chi connectivity index (χ2v) is 8.47. The maximum atomic E-state index is 15.1. The van der Waals surface area contributed by atoms with Crippen LogP contribution < -0.4 is 25.1 Å². The summed E-state index contributed by atoms with van der Waals surface area (Å²) in [5.74, 6) is -1.38. The Kier molecular flexibility index (Phi) is 7.06. The number of nitrogens with zero attached hydrogens (tertiary/aromatic N) is 4. The van der Waals surface area contributed by atoms with Gasteiger partial charge in [-0.25, -0.2) is 13.8 Å². The highest BCUT2D eigenvalue weighted by atomic mass is 19.1. The summed E-state index contributed by atoms with van der Waals surface area (Å²) in [4.78, 5) is 34.5. The van der Waals surface area contributed by atoms with E-state index in [1.807, 2.05) is 0 Å². The van der Waals surface area contributed by atoms with Gasteiger partial charge in [-0.05, 0) is 49.4 Å². The molecule has 3 heterocycles. The predicted molar refractivity (Wildman–Crippen MR) is 142 cm³/mol. The third-order valence-electron chi connectivity index (χ3n) is 5.78. The molecule has 40 heavy (non-hydrogen) atoms. The van der Waals surface area contributed by atoms with Gasteiger partial charge in [-0.3, -0.25) is 14.6 Å². The summed E-state index contributed by atoms with van der Waals surface area (Å²) in [6, 6.07) is 13.3.